The summed E-state index contributed by atoms with van der Waals surface area (Å²) in [6, 6.07) is 0. The number of rotatable bonds is 5. The number of aromatic nitrogens is 2. The van der Waals surface area contributed by atoms with E-state index in [4.69, 9.17) is 0 Å². The van der Waals surface area contributed by atoms with E-state index in [1.54, 1.807) is 0 Å². The summed E-state index contributed by atoms with van der Waals surface area (Å²) in [5.41, 5.74) is 2.15. The van der Waals surface area contributed by atoms with Crippen molar-refractivity contribution < 1.29 is 4.79 Å². The van der Waals surface area contributed by atoms with Crippen LogP contribution >= 0.6 is 0 Å². The van der Waals surface area contributed by atoms with Gasteiger partial charge in [-0.1, -0.05) is 25.7 Å². The van der Waals surface area contributed by atoms with Crippen LogP contribution in [-0.4, -0.2) is 27.6 Å². The van der Waals surface area contributed by atoms with Crippen LogP contribution in [0, 0.1) is 12.8 Å². The van der Waals surface area contributed by atoms with E-state index in [-0.39, 0.29) is 5.91 Å². The molecule has 0 radical (unpaired) electrons. The molecule has 19 heavy (non-hydrogen) atoms. The van der Waals surface area contributed by atoms with Crippen molar-refractivity contribution in [2.24, 2.45) is 13.0 Å². The van der Waals surface area contributed by atoms with Gasteiger partial charge in [0.25, 0.3) is 0 Å². The molecule has 0 N–H and O–H groups in total. The normalized spacial score (nSPS) is 15.9. The molecule has 0 saturated heterocycles. The summed E-state index contributed by atoms with van der Waals surface area (Å²) in [6.45, 7) is 2.66. The molecule has 0 spiro atoms. The first-order chi connectivity index (χ1) is 9.06. The van der Waals surface area contributed by atoms with Crippen molar-refractivity contribution in [3.8, 4) is 0 Å². The van der Waals surface area contributed by atoms with Gasteiger partial charge in [-0.25, -0.2) is 0 Å². The van der Waals surface area contributed by atoms with Gasteiger partial charge in [0.1, 0.15) is 0 Å². The van der Waals surface area contributed by atoms with Crippen molar-refractivity contribution in [1.29, 1.82) is 0 Å². The van der Waals surface area contributed by atoms with Crippen LogP contribution in [0.25, 0.3) is 0 Å². The Hall–Kier alpha value is -1.32. The Morgan fingerprint density at radius 2 is 2.16 bits per heavy atom. The Morgan fingerprint density at radius 1 is 1.47 bits per heavy atom. The lowest BCUT2D eigenvalue weighted by atomic mass is 10.0. The molecular weight excluding hydrogens is 238 g/mol. The number of amides is 1. The van der Waals surface area contributed by atoms with Gasteiger partial charge in [-0.05, 0) is 19.3 Å². The highest BCUT2D eigenvalue weighted by Crippen LogP contribution is 2.28. The maximum absolute atomic E-state index is 12.1. The van der Waals surface area contributed by atoms with Crippen LogP contribution in [0.5, 0.6) is 0 Å². The maximum Gasteiger partial charge on any atom is 0.222 e. The predicted octanol–water partition coefficient (Wildman–Crippen LogP) is 2.66. The van der Waals surface area contributed by atoms with E-state index >= 15 is 0 Å². The Morgan fingerprint density at radius 3 is 2.74 bits per heavy atom. The average Bonchev–Trinajstić information content (AvgIpc) is 2.97. The molecular formula is C15H25N3O. The van der Waals surface area contributed by atoms with Gasteiger partial charge in [0.15, 0.2) is 0 Å². The number of nitrogens with zero attached hydrogens (tertiary/aromatic N) is 3. The Labute approximate surface area is 115 Å². The Balaban J connectivity index is 1.80. The largest absolute Gasteiger partial charge is 0.341 e. The standard InChI is InChI=1S/C15H25N3O/c1-12-14(11-18(3)16-12)10-17(2)15(19)9-8-13-6-4-5-7-13/h11,13H,4-10H2,1-3H3. The summed E-state index contributed by atoms with van der Waals surface area (Å²) in [7, 11) is 3.81. The molecule has 0 bridgehead atoms. The molecule has 4 nitrogen and oxygen atoms in total. The van der Waals surface area contributed by atoms with E-state index in [2.05, 4.69) is 5.10 Å². The van der Waals surface area contributed by atoms with Crippen molar-refractivity contribution in [3.63, 3.8) is 0 Å². The van der Waals surface area contributed by atoms with Crippen LogP contribution in [0.1, 0.15) is 49.8 Å². The maximum atomic E-state index is 12.1. The quantitative estimate of drug-likeness (QED) is 0.819. The highest BCUT2D eigenvalue weighted by atomic mass is 16.2. The third-order valence-electron chi connectivity index (χ3n) is 4.19. The fourth-order valence-electron chi connectivity index (χ4n) is 2.97. The van der Waals surface area contributed by atoms with Gasteiger partial charge < -0.3 is 4.90 Å². The summed E-state index contributed by atoms with van der Waals surface area (Å²) in [5.74, 6) is 1.05. The first-order valence-corrected chi connectivity index (χ1v) is 7.29. The number of carbonyl (C=O) groups is 1. The molecule has 0 unspecified atom stereocenters. The van der Waals surface area contributed by atoms with E-state index in [0.717, 1.165) is 23.6 Å². The molecule has 1 saturated carbocycles. The number of carbonyl (C=O) groups excluding carboxylic acids is 1. The molecule has 2 rings (SSSR count). The summed E-state index contributed by atoms with van der Waals surface area (Å²) in [4.78, 5) is 14.0. The van der Waals surface area contributed by atoms with Gasteiger partial charge in [-0.15, -0.1) is 0 Å². The zero-order valence-electron chi connectivity index (χ0n) is 12.4. The smallest absolute Gasteiger partial charge is 0.222 e. The summed E-state index contributed by atoms with van der Waals surface area (Å²) in [5, 5.41) is 4.31. The molecule has 0 aliphatic heterocycles. The summed E-state index contributed by atoms with van der Waals surface area (Å²) >= 11 is 0. The van der Waals surface area contributed by atoms with Crippen molar-refractivity contribution in [2.45, 2.75) is 52.0 Å². The third-order valence-corrected chi connectivity index (χ3v) is 4.19. The molecule has 1 aliphatic rings. The Kier molecular flexibility index (Phi) is 4.61. The fraction of sp³-hybridized carbons (Fsp3) is 0.733. The zero-order valence-corrected chi connectivity index (χ0v) is 12.4. The lowest BCUT2D eigenvalue weighted by Crippen LogP contribution is -2.26. The zero-order chi connectivity index (χ0) is 13.8. The number of aryl methyl sites for hydroxylation is 2. The second kappa shape index (κ2) is 6.22. The molecule has 4 heteroatoms. The lowest BCUT2D eigenvalue weighted by Gasteiger charge is -2.18. The number of hydrogen-bond donors (Lipinski definition) is 0. The minimum absolute atomic E-state index is 0.259. The highest BCUT2D eigenvalue weighted by Gasteiger charge is 2.18. The Bertz CT molecular complexity index is 433. The van der Waals surface area contributed by atoms with Gasteiger partial charge in [-0.2, -0.15) is 5.10 Å². The second-order valence-electron chi connectivity index (χ2n) is 5.85. The molecule has 1 fully saturated rings. The first-order valence-electron chi connectivity index (χ1n) is 7.29. The molecule has 1 aromatic heterocycles. The molecule has 1 amide bonds. The minimum atomic E-state index is 0.259. The molecule has 0 atom stereocenters. The molecule has 106 valence electrons. The van der Waals surface area contributed by atoms with Crippen molar-refractivity contribution in [3.05, 3.63) is 17.5 Å². The van der Waals surface area contributed by atoms with Gasteiger partial charge in [0.05, 0.1) is 5.69 Å². The minimum Gasteiger partial charge on any atom is -0.341 e. The summed E-state index contributed by atoms with van der Waals surface area (Å²) < 4.78 is 1.81. The highest BCUT2D eigenvalue weighted by molar-refractivity contribution is 5.75. The van der Waals surface area contributed by atoms with Crippen molar-refractivity contribution in [2.75, 3.05) is 7.05 Å². The predicted molar refractivity (Wildman–Crippen MR) is 75.6 cm³/mol. The van der Waals surface area contributed by atoms with Crippen LogP contribution in [0.2, 0.25) is 0 Å². The molecule has 1 aliphatic carbocycles. The van der Waals surface area contributed by atoms with E-state index in [1.165, 1.54) is 25.7 Å². The van der Waals surface area contributed by atoms with Gasteiger partial charge in [0.2, 0.25) is 5.91 Å². The van der Waals surface area contributed by atoms with Crippen molar-refractivity contribution in [1.82, 2.24) is 14.7 Å². The number of hydrogen-bond acceptors (Lipinski definition) is 2. The van der Waals surface area contributed by atoms with Crippen LogP contribution in [0.15, 0.2) is 6.20 Å². The van der Waals surface area contributed by atoms with E-state index in [0.29, 0.717) is 13.0 Å². The molecule has 1 heterocycles. The van der Waals surface area contributed by atoms with Crippen LogP contribution < -0.4 is 0 Å². The fourth-order valence-corrected chi connectivity index (χ4v) is 2.97. The van der Waals surface area contributed by atoms with Crippen LogP contribution in [0.4, 0.5) is 0 Å². The van der Waals surface area contributed by atoms with E-state index in [9.17, 15) is 4.79 Å². The third kappa shape index (κ3) is 3.82. The van der Waals surface area contributed by atoms with Gasteiger partial charge in [0, 0.05) is 38.8 Å². The topological polar surface area (TPSA) is 38.1 Å². The van der Waals surface area contributed by atoms with E-state index in [1.807, 2.05) is 36.8 Å². The SMILES string of the molecule is Cc1nn(C)cc1CN(C)C(=O)CCC1CCCC1. The van der Waals surface area contributed by atoms with Crippen LogP contribution in [-0.2, 0) is 18.4 Å². The average molecular weight is 263 g/mol. The van der Waals surface area contributed by atoms with E-state index < -0.39 is 0 Å². The van der Waals surface area contributed by atoms with Gasteiger partial charge in [-0.3, -0.25) is 9.48 Å². The molecule has 0 aromatic carbocycles. The summed E-state index contributed by atoms with van der Waals surface area (Å²) in [6.07, 6.45) is 9.09. The second-order valence-corrected chi connectivity index (χ2v) is 5.85. The monoisotopic (exact) mass is 263 g/mol. The van der Waals surface area contributed by atoms with Crippen molar-refractivity contribution >= 4 is 5.91 Å². The van der Waals surface area contributed by atoms with Gasteiger partial charge >= 0.3 is 0 Å². The first kappa shape index (κ1) is 14.1. The van der Waals surface area contributed by atoms with Crippen LogP contribution in [0.3, 0.4) is 0 Å². The lowest BCUT2D eigenvalue weighted by molar-refractivity contribution is -0.130. The molecule has 1 aromatic rings.